The van der Waals surface area contributed by atoms with Gasteiger partial charge in [-0.05, 0) is 27.6 Å². The molecule has 0 aromatic heterocycles. The number of hydrogen-bond acceptors (Lipinski definition) is 3. The summed E-state index contributed by atoms with van der Waals surface area (Å²) in [5, 5.41) is 11.8. The van der Waals surface area contributed by atoms with Gasteiger partial charge in [0, 0.05) is 10.8 Å². The predicted molar refractivity (Wildman–Crippen MR) is 109 cm³/mol. The Morgan fingerprint density at radius 3 is 2.43 bits per heavy atom. The fourth-order valence-corrected chi connectivity index (χ4v) is 4.80. The van der Waals surface area contributed by atoms with Crippen LogP contribution in [0.2, 0.25) is 0 Å². The van der Waals surface area contributed by atoms with E-state index in [-0.39, 0.29) is 17.6 Å². The van der Waals surface area contributed by atoms with Crippen LogP contribution in [0.1, 0.15) is 30.5 Å². The zero-order valence-electron chi connectivity index (χ0n) is 16.0. The number of hydrogen-bond donors (Lipinski definition) is 1. The van der Waals surface area contributed by atoms with Gasteiger partial charge in [-0.15, -0.1) is 0 Å². The molecule has 4 nitrogen and oxygen atoms in total. The van der Waals surface area contributed by atoms with Crippen molar-refractivity contribution in [3.63, 3.8) is 0 Å². The lowest BCUT2D eigenvalue weighted by Gasteiger charge is -2.30. The minimum absolute atomic E-state index is 0.0122. The SMILES string of the molecule is COC1=C(C(=O)O)COc2c1c1c(c3ccccc23)-c2ccccc2C1(C)C. The topological polar surface area (TPSA) is 55.8 Å². The summed E-state index contributed by atoms with van der Waals surface area (Å²) in [6.45, 7) is 4.34. The number of methoxy groups -OCH3 is 1. The standard InChI is InChI=1S/C24H20O4/c1-24(2)17-11-7-6-10-15(17)18-13-8-4-5-9-14(13)22-19(20(18)24)21(27-3)16(12-28-22)23(25)26/h4-11H,12H2,1-3H3,(H,25,26). The number of rotatable bonds is 2. The van der Waals surface area contributed by atoms with Crippen LogP contribution in [0, 0.1) is 0 Å². The highest BCUT2D eigenvalue weighted by molar-refractivity contribution is 6.10. The second-order valence-electron chi connectivity index (χ2n) is 7.78. The van der Waals surface area contributed by atoms with Gasteiger partial charge in [0.25, 0.3) is 0 Å². The maximum Gasteiger partial charge on any atom is 0.338 e. The molecule has 0 unspecified atom stereocenters. The van der Waals surface area contributed by atoms with Gasteiger partial charge in [0.1, 0.15) is 23.7 Å². The van der Waals surface area contributed by atoms with E-state index in [2.05, 4.69) is 32.0 Å². The van der Waals surface area contributed by atoms with Crippen LogP contribution >= 0.6 is 0 Å². The van der Waals surface area contributed by atoms with E-state index in [9.17, 15) is 9.90 Å². The number of carboxylic acids is 1. The molecule has 0 spiro atoms. The Kier molecular flexibility index (Phi) is 3.38. The molecule has 1 heterocycles. The van der Waals surface area contributed by atoms with Gasteiger partial charge < -0.3 is 14.6 Å². The highest BCUT2D eigenvalue weighted by Gasteiger charge is 2.43. The quantitative estimate of drug-likeness (QED) is 0.689. The second kappa shape index (κ2) is 5.61. The van der Waals surface area contributed by atoms with Crippen molar-refractivity contribution in [1.29, 1.82) is 0 Å². The number of ether oxygens (including phenoxy) is 2. The molecule has 4 heteroatoms. The third-order valence-corrected chi connectivity index (χ3v) is 5.99. The molecule has 0 atom stereocenters. The molecule has 1 N–H and O–H groups in total. The summed E-state index contributed by atoms with van der Waals surface area (Å²) < 4.78 is 11.7. The van der Waals surface area contributed by atoms with Gasteiger partial charge in [-0.3, -0.25) is 0 Å². The van der Waals surface area contributed by atoms with Crippen LogP contribution in [0.3, 0.4) is 0 Å². The van der Waals surface area contributed by atoms with Crippen molar-refractivity contribution >= 4 is 22.5 Å². The Balaban J connectivity index is 2.03. The van der Waals surface area contributed by atoms with E-state index in [0.717, 1.165) is 27.5 Å². The lowest BCUT2D eigenvalue weighted by molar-refractivity contribution is -0.133. The number of fused-ring (bicyclic) bond motifs is 8. The largest absolute Gasteiger partial charge is 0.495 e. The zero-order chi connectivity index (χ0) is 19.6. The predicted octanol–water partition coefficient (Wildman–Crippen LogP) is 4.98. The Labute approximate surface area is 163 Å². The fraction of sp³-hybridized carbons (Fsp3) is 0.208. The summed E-state index contributed by atoms with van der Waals surface area (Å²) in [6, 6.07) is 16.5. The summed E-state index contributed by atoms with van der Waals surface area (Å²) >= 11 is 0. The van der Waals surface area contributed by atoms with E-state index < -0.39 is 5.97 Å². The smallest absolute Gasteiger partial charge is 0.338 e. The molecule has 0 saturated carbocycles. The molecule has 28 heavy (non-hydrogen) atoms. The molecule has 3 aromatic rings. The molecule has 5 rings (SSSR count). The normalized spacial score (nSPS) is 16.2. The molecule has 1 aliphatic heterocycles. The molecular weight excluding hydrogens is 352 g/mol. The Bertz CT molecular complexity index is 1200. The summed E-state index contributed by atoms with van der Waals surface area (Å²) in [5.41, 5.74) is 5.22. The first-order chi connectivity index (χ1) is 13.5. The minimum atomic E-state index is -1.02. The van der Waals surface area contributed by atoms with Gasteiger partial charge in [0.05, 0.1) is 12.7 Å². The van der Waals surface area contributed by atoms with E-state index in [1.165, 1.54) is 18.2 Å². The number of carbonyl (C=O) groups is 1. The van der Waals surface area contributed by atoms with Crippen molar-refractivity contribution in [3.05, 3.63) is 70.8 Å². The van der Waals surface area contributed by atoms with Crippen LogP contribution in [-0.2, 0) is 14.9 Å². The van der Waals surface area contributed by atoms with Crippen LogP contribution in [0.15, 0.2) is 54.1 Å². The highest BCUT2D eigenvalue weighted by atomic mass is 16.5. The maximum atomic E-state index is 11.9. The first-order valence-electron chi connectivity index (χ1n) is 9.29. The van der Waals surface area contributed by atoms with E-state index in [1.807, 2.05) is 30.3 Å². The number of aliphatic carboxylic acids is 1. The third-order valence-electron chi connectivity index (χ3n) is 5.99. The maximum absolute atomic E-state index is 11.9. The Hall–Kier alpha value is -3.27. The molecule has 3 aromatic carbocycles. The summed E-state index contributed by atoms with van der Waals surface area (Å²) in [6.07, 6.45) is 0. The van der Waals surface area contributed by atoms with Gasteiger partial charge in [-0.25, -0.2) is 4.79 Å². The average Bonchev–Trinajstić information content (AvgIpc) is 2.95. The number of carboxylic acid groups (broad SMARTS) is 1. The Morgan fingerprint density at radius 1 is 1.04 bits per heavy atom. The van der Waals surface area contributed by atoms with E-state index in [4.69, 9.17) is 9.47 Å². The molecule has 0 fully saturated rings. The zero-order valence-corrected chi connectivity index (χ0v) is 16.0. The summed E-state index contributed by atoms with van der Waals surface area (Å²) in [5.74, 6) is 0.0893. The van der Waals surface area contributed by atoms with Crippen LogP contribution in [0.25, 0.3) is 27.7 Å². The second-order valence-corrected chi connectivity index (χ2v) is 7.78. The van der Waals surface area contributed by atoms with Crippen molar-refractivity contribution in [3.8, 4) is 16.9 Å². The third kappa shape index (κ3) is 1.97. The van der Waals surface area contributed by atoms with Crippen molar-refractivity contribution in [2.75, 3.05) is 13.7 Å². The van der Waals surface area contributed by atoms with E-state index in [1.54, 1.807) is 0 Å². The van der Waals surface area contributed by atoms with Crippen LogP contribution < -0.4 is 4.74 Å². The lowest BCUT2D eigenvalue weighted by atomic mass is 9.78. The van der Waals surface area contributed by atoms with Crippen LogP contribution in [0.4, 0.5) is 0 Å². The molecule has 0 saturated heterocycles. The van der Waals surface area contributed by atoms with E-state index >= 15 is 0 Å². The van der Waals surface area contributed by atoms with Gasteiger partial charge in [-0.1, -0.05) is 62.4 Å². The number of benzene rings is 3. The summed E-state index contributed by atoms with van der Waals surface area (Å²) in [4.78, 5) is 11.9. The molecular formula is C24H20O4. The monoisotopic (exact) mass is 372 g/mol. The van der Waals surface area contributed by atoms with Gasteiger partial charge >= 0.3 is 5.97 Å². The van der Waals surface area contributed by atoms with Gasteiger partial charge in [0.15, 0.2) is 0 Å². The van der Waals surface area contributed by atoms with Gasteiger partial charge in [0.2, 0.25) is 0 Å². The molecule has 2 aliphatic rings. The molecule has 140 valence electrons. The first kappa shape index (κ1) is 16.9. The van der Waals surface area contributed by atoms with Gasteiger partial charge in [-0.2, -0.15) is 0 Å². The fourth-order valence-electron chi connectivity index (χ4n) is 4.80. The molecule has 0 amide bonds. The van der Waals surface area contributed by atoms with Crippen molar-refractivity contribution in [1.82, 2.24) is 0 Å². The van der Waals surface area contributed by atoms with E-state index in [0.29, 0.717) is 11.5 Å². The van der Waals surface area contributed by atoms with Crippen LogP contribution in [0.5, 0.6) is 5.75 Å². The first-order valence-corrected chi connectivity index (χ1v) is 9.29. The minimum Gasteiger partial charge on any atom is -0.495 e. The summed E-state index contributed by atoms with van der Waals surface area (Å²) in [7, 11) is 1.53. The van der Waals surface area contributed by atoms with Crippen LogP contribution in [-0.4, -0.2) is 24.8 Å². The van der Waals surface area contributed by atoms with Crippen molar-refractivity contribution in [2.45, 2.75) is 19.3 Å². The Morgan fingerprint density at radius 2 is 1.71 bits per heavy atom. The van der Waals surface area contributed by atoms with Crippen molar-refractivity contribution in [2.24, 2.45) is 0 Å². The lowest BCUT2D eigenvalue weighted by Crippen LogP contribution is -2.23. The van der Waals surface area contributed by atoms with Crippen molar-refractivity contribution < 1.29 is 19.4 Å². The molecule has 0 bridgehead atoms. The highest BCUT2D eigenvalue weighted by Crippen LogP contribution is 2.57. The molecule has 1 aliphatic carbocycles. The molecule has 0 radical (unpaired) electrons. The average molecular weight is 372 g/mol.